The normalized spacial score (nSPS) is 10.3. The van der Waals surface area contributed by atoms with Crippen LogP contribution in [-0.4, -0.2) is 9.97 Å². The summed E-state index contributed by atoms with van der Waals surface area (Å²) in [4.78, 5) is 6.03. The van der Waals surface area contributed by atoms with Crippen LogP contribution in [0.15, 0.2) is 30.6 Å². The van der Waals surface area contributed by atoms with E-state index in [-0.39, 0.29) is 11.3 Å². The van der Waals surface area contributed by atoms with Crippen LogP contribution in [0, 0.1) is 11.8 Å². The van der Waals surface area contributed by atoms with Crippen molar-refractivity contribution >= 4 is 0 Å². The Hall–Kier alpha value is -1.71. The van der Waals surface area contributed by atoms with Gasteiger partial charge in [0.05, 0.1) is 11.3 Å². The summed E-state index contributed by atoms with van der Waals surface area (Å²) >= 11 is 0. The summed E-state index contributed by atoms with van der Waals surface area (Å²) < 4.78 is 26.0. The second kappa shape index (κ2) is 2.97. The summed E-state index contributed by atoms with van der Waals surface area (Å²) in [7, 11) is 0. The molecule has 0 aliphatic heterocycles. The fourth-order valence-corrected chi connectivity index (χ4v) is 1.13. The van der Waals surface area contributed by atoms with Crippen molar-refractivity contribution in [3.8, 4) is 11.3 Å². The number of nitrogens with zero attached hydrogens (tertiary/aromatic N) is 1. The van der Waals surface area contributed by atoms with Crippen LogP contribution in [0.25, 0.3) is 11.3 Å². The first-order valence-electron chi connectivity index (χ1n) is 3.73. The molecule has 0 aliphatic carbocycles. The fraction of sp³-hybridized carbons (Fsp3) is 0. The van der Waals surface area contributed by atoms with Crippen LogP contribution in [0.2, 0.25) is 0 Å². The van der Waals surface area contributed by atoms with Gasteiger partial charge < -0.3 is 4.98 Å². The highest BCUT2D eigenvalue weighted by Crippen LogP contribution is 2.21. The van der Waals surface area contributed by atoms with E-state index in [1.165, 1.54) is 24.5 Å². The Morgan fingerprint density at radius 2 is 2.08 bits per heavy atom. The molecule has 13 heavy (non-hydrogen) atoms. The summed E-state index contributed by atoms with van der Waals surface area (Å²) in [6.07, 6.45) is 2.73. The van der Waals surface area contributed by atoms with Gasteiger partial charge in [-0.2, -0.15) is 4.39 Å². The Kier molecular flexibility index (Phi) is 1.81. The summed E-state index contributed by atoms with van der Waals surface area (Å²) in [6.45, 7) is 0. The largest absolute Gasteiger partial charge is 0.359 e. The van der Waals surface area contributed by atoms with Crippen molar-refractivity contribution in [3.63, 3.8) is 0 Å². The molecule has 2 heterocycles. The van der Waals surface area contributed by atoms with E-state index < -0.39 is 11.8 Å². The summed E-state index contributed by atoms with van der Waals surface area (Å²) in [5.41, 5.74) is 0.274. The van der Waals surface area contributed by atoms with Gasteiger partial charge in [-0.05, 0) is 18.2 Å². The van der Waals surface area contributed by atoms with Crippen molar-refractivity contribution < 1.29 is 8.78 Å². The summed E-state index contributed by atoms with van der Waals surface area (Å²) in [5.74, 6) is -1.16. The lowest BCUT2D eigenvalue weighted by Gasteiger charge is -1.98. The van der Waals surface area contributed by atoms with Gasteiger partial charge in [0.1, 0.15) is 5.82 Å². The Morgan fingerprint density at radius 3 is 2.69 bits per heavy atom. The topological polar surface area (TPSA) is 28.7 Å². The number of pyridine rings is 1. The molecule has 0 amide bonds. The van der Waals surface area contributed by atoms with Gasteiger partial charge in [-0.25, -0.2) is 9.37 Å². The fourth-order valence-electron chi connectivity index (χ4n) is 1.13. The number of rotatable bonds is 1. The average Bonchev–Trinajstić information content (AvgIpc) is 2.52. The number of aromatic amines is 1. The maximum absolute atomic E-state index is 13.0. The molecule has 0 bridgehead atoms. The smallest absolute Gasteiger partial charge is 0.222 e. The van der Waals surface area contributed by atoms with E-state index in [4.69, 9.17) is 0 Å². The van der Waals surface area contributed by atoms with Crippen LogP contribution >= 0.6 is 0 Å². The predicted molar refractivity (Wildman–Crippen MR) is 43.9 cm³/mol. The molecule has 0 saturated carbocycles. The summed E-state index contributed by atoms with van der Waals surface area (Å²) in [5, 5.41) is 0. The van der Waals surface area contributed by atoms with E-state index in [0.717, 1.165) is 0 Å². The first-order valence-corrected chi connectivity index (χ1v) is 3.73. The molecule has 1 N–H and O–H groups in total. The predicted octanol–water partition coefficient (Wildman–Crippen LogP) is 2.35. The Labute approximate surface area is 73.2 Å². The van der Waals surface area contributed by atoms with Gasteiger partial charge in [-0.3, -0.25) is 0 Å². The Balaban J connectivity index is 2.59. The summed E-state index contributed by atoms with van der Waals surface area (Å²) in [6, 6.07) is 4.26. The lowest BCUT2D eigenvalue weighted by molar-refractivity contribution is 0.582. The van der Waals surface area contributed by atoms with Crippen LogP contribution in [0.3, 0.4) is 0 Å². The molecule has 0 saturated heterocycles. The SMILES string of the molecule is Fc1cc[nH]c1-c1cccnc1F. The van der Waals surface area contributed by atoms with E-state index in [1.807, 2.05) is 0 Å². The molecule has 0 radical (unpaired) electrons. The van der Waals surface area contributed by atoms with E-state index in [2.05, 4.69) is 9.97 Å². The zero-order valence-corrected chi connectivity index (χ0v) is 6.59. The third kappa shape index (κ3) is 1.30. The molecule has 0 atom stereocenters. The first kappa shape index (κ1) is 7.91. The number of hydrogen-bond donors (Lipinski definition) is 1. The van der Waals surface area contributed by atoms with E-state index in [0.29, 0.717) is 0 Å². The Morgan fingerprint density at radius 1 is 1.23 bits per heavy atom. The highest BCUT2D eigenvalue weighted by Gasteiger charge is 2.10. The first-order chi connectivity index (χ1) is 6.29. The van der Waals surface area contributed by atoms with Gasteiger partial charge in [0.2, 0.25) is 5.95 Å². The minimum Gasteiger partial charge on any atom is -0.359 e. The van der Waals surface area contributed by atoms with Crippen molar-refractivity contribution in [2.75, 3.05) is 0 Å². The van der Waals surface area contributed by atoms with Crippen molar-refractivity contribution in [2.45, 2.75) is 0 Å². The zero-order chi connectivity index (χ0) is 9.26. The number of aromatic nitrogens is 2. The van der Waals surface area contributed by atoms with Gasteiger partial charge in [0, 0.05) is 12.4 Å². The third-order valence-electron chi connectivity index (χ3n) is 1.72. The second-order valence-electron chi connectivity index (χ2n) is 2.54. The number of nitrogens with one attached hydrogen (secondary N) is 1. The highest BCUT2D eigenvalue weighted by molar-refractivity contribution is 5.59. The highest BCUT2D eigenvalue weighted by atomic mass is 19.1. The minimum atomic E-state index is -0.677. The third-order valence-corrected chi connectivity index (χ3v) is 1.72. The zero-order valence-electron chi connectivity index (χ0n) is 6.59. The van der Waals surface area contributed by atoms with Gasteiger partial charge in [-0.15, -0.1) is 0 Å². The van der Waals surface area contributed by atoms with Crippen molar-refractivity contribution in [1.82, 2.24) is 9.97 Å². The quantitative estimate of drug-likeness (QED) is 0.670. The molecule has 2 aromatic heterocycles. The van der Waals surface area contributed by atoms with Crippen LogP contribution in [0.5, 0.6) is 0 Å². The maximum Gasteiger partial charge on any atom is 0.222 e. The monoisotopic (exact) mass is 180 g/mol. The van der Waals surface area contributed by atoms with Gasteiger partial charge >= 0.3 is 0 Å². The molecule has 0 fully saturated rings. The standard InChI is InChI=1S/C9H6F2N2/c10-7-3-5-12-8(7)6-2-1-4-13-9(6)11/h1-5,12H. The molecule has 2 rings (SSSR count). The van der Waals surface area contributed by atoms with Gasteiger partial charge in [0.15, 0.2) is 0 Å². The molecular weight excluding hydrogens is 174 g/mol. The Bertz CT molecular complexity index is 423. The van der Waals surface area contributed by atoms with Crippen LogP contribution < -0.4 is 0 Å². The lowest BCUT2D eigenvalue weighted by Crippen LogP contribution is -1.89. The van der Waals surface area contributed by atoms with Gasteiger partial charge in [0.25, 0.3) is 0 Å². The molecule has 0 spiro atoms. The minimum absolute atomic E-state index is 0.130. The van der Waals surface area contributed by atoms with Crippen molar-refractivity contribution in [1.29, 1.82) is 0 Å². The van der Waals surface area contributed by atoms with Crippen molar-refractivity contribution in [3.05, 3.63) is 42.4 Å². The number of halogens is 2. The molecule has 2 nitrogen and oxygen atoms in total. The van der Waals surface area contributed by atoms with E-state index in [1.54, 1.807) is 6.07 Å². The van der Waals surface area contributed by atoms with Crippen LogP contribution in [-0.2, 0) is 0 Å². The maximum atomic E-state index is 13.0. The second-order valence-corrected chi connectivity index (χ2v) is 2.54. The lowest BCUT2D eigenvalue weighted by atomic mass is 10.2. The van der Waals surface area contributed by atoms with Crippen LogP contribution in [0.1, 0.15) is 0 Å². The molecule has 2 aromatic rings. The number of H-pyrrole nitrogens is 1. The van der Waals surface area contributed by atoms with Gasteiger partial charge in [-0.1, -0.05) is 0 Å². The van der Waals surface area contributed by atoms with Crippen LogP contribution in [0.4, 0.5) is 8.78 Å². The van der Waals surface area contributed by atoms with E-state index >= 15 is 0 Å². The molecule has 0 unspecified atom stereocenters. The average molecular weight is 180 g/mol. The molecule has 66 valence electrons. The molecule has 0 aliphatic rings. The molecule has 0 aromatic carbocycles. The number of hydrogen-bond acceptors (Lipinski definition) is 1. The molecule has 4 heteroatoms. The molecular formula is C9H6F2N2. The van der Waals surface area contributed by atoms with Crippen molar-refractivity contribution in [2.24, 2.45) is 0 Å². The van der Waals surface area contributed by atoms with E-state index in [9.17, 15) is 8.78 Å².